The van der Waals surface area contributed by atoms with Crippen LogP contribution in [-0.2, 0) is 14.8 Å². The minimum absolute atomic E-state index is 0.145. The van der Waals surface area contributed by atoms with Gasteiger partial charge in [-0.25, -0.2) is 17.5 Å². The molecule has 0 radical (unpaired) electrons. The molecule has 1 atom stereocenters. The Bertz CT molecular complexity index is 574. The van der Waals surface area contributed by atoms with Crippen molar-refractivity contribution in [2.24, 2.45) is 5.92 Å². The third-order valence-corrected chi connectivity index (χ3v) is 4.82. The molecular weight excluding hydrogens is 295 g/mol. The molecule has 106 valence electrons. The summed E-state index contributed by atoms with van der Waals surface area (Å²) in [5.41, 5.74) is 5.10. The Hall–Kier alpha value is -0.890. The molecule has 1 unspecified atom stereocenters. The highest BCUT2D eigenvalue weighted by molar-refractivity contribution is 7.89. The lowest BCUT2D eigenvalue weighted by atomic mass is 10.1. The van der Waals surface area contributed by atoms with E-state index >= 15 is 0 Å². The average Bonchev–Trinajstić information content (AvgIpc) is 2.84. The zero-order chi connectivity index (χ0) is 14.0. The van der Waals surface area contributed by atoms with Gasteiger partial charge in [-0.05, 0) is 24.5 Å². The van der Waals surface area contributed by atoms with Crippen LogP contribution in [0.1, 0.15) is 6.42 Å². The van der Waals surface area contributed by atoms with Crippen molar-refractivity contribution in [2.45, 2.75) is 11.3 Å². The molecule has 3 N–H and O–H groups in total. The van der Waals surface area contributed by atoms with Gasteiger partial charge in [-0.3, -0.25) is 0 Å². The molecule has 1 aliphatic rings. The van der Waals surface area contributed by atoms with Gasteiger partial charge in [-0.15, -0.1) is 0 Å². The van der Waals surface area contributed by atoms with Gasteiger partial charge in [0.05, 0.1) is 17.3 Å². The summed E-state index contributed by atoms with van der Waals surface area (Å²) in [5, 5.41) is -0.193. The molecule has 1 aromatic carbocycles. The molecule has 0 aromatic heterocycles. The van der Waals surface area contributed by atoms with Crippen LogP contribution in [0.2, 0.25) is 5.02 Å². The summed E-state index contributed by atoms with van der Waals surface area (Å²) in [5.74, 6) is -0.598. The lowest BCUT2D eigenvalue weighted by molar-refractivity contribution is 0.186. The Morgan fingerprint density at radius 2 is 2.26 bits per heavy atom. The van der Waals surface area contributed by atoms with Crippen LogP contribution in [0.15, 0.2) is 17.0 Å². The first kappa shape index (κ1) is 14.5. The van der Waals surface area contributed by atoms with Gasteiger partial charge in [0.1, 0.15) is 10.7 Å². The smallest absolute Gasteiger partial charge is 0.242 e. The molecule has 8 heteroatoms. The first-order valence-electron chi connectivity index (χ1n) is 5.72. The monoisotopic (exact) mass is 308 g/mol. The minimum Gasteiger partial charge on any atom is -0.396 e. The maximum atomic E-state index is 13.1. The summed E-state index contributed by atoms with van der Waals surface area (Å²) in [7, 11) is -3.80. The van der Waals surface area contributed by atoms with Gasteiger partial charge >= 0.3 is 0 Å². The molecular formula is C11H14ClFN2O3S. The molecule has 1 heterocycles. The van der Waals surface area contributed by atoms with Crippen LogP contribution in [-0.4, -0.2) is 28.2 Å². The van der Waals surface area contributed by atoms with Crippen LogP contribution in [0, 0.1) is 11.7 Å². The molecule has 0 saturated carbocycles. The number of hydrogen-bond donors (Lipinski definition) is 2. The van der Waals surface area contributed by atoms with Crippen molar-refractivity contribution in [2.75, 3.05) is 25.5 Å². The van der Waals surface area contributed by atoms with E-state index in [0.717, 1.165) is 18.6 Å². The van der Waals surface area contributed by atoms with Crippen LogP contribution in [0.25, 0.3) is 0 Å². The fourth-order valence-corrected chi connectivity index (χ4v) is 3.46. The van der Waals surface area contributed by atoms with E-state index in [4.69, 9.17) is 22.1 Å². The maximum absolute atomic E-state index is 13.1. The van der Waals surface area contributed by atoms with Gasteiger partial charge in [0, 0.05) is 13.2 Å². The van der Waals surface area contributed by atoms with Gasteiger partial charge in [0.15, 0.2) is 0 Å². The van der Waals surface area contributed by atoms with Crippen molar-refractivity contribution in [3.8, 4) is 0 Å². The Balaban J connectivity index is 2.16. The van der Waals surface area contributed by atoms with E-state index in [1.165, 1.54) is 0 Å². The molecule has 0 amide bonds. The molecule has 0 bridgehead atoms. The first-order chi connectivity index (χ1) is 8.90. The van der Waals surface area contributed by atoms with Crippen molar-refractivity contribution < 1.29 is 17.5 Å². The standard InChI is InChI=1S/C11H14ClFN2O3S/c12-8-3-9(13)10(14)4-11(8)19(16,17)15-5-7-1-2-18-6-7/h3-4,7,15H,1-2,5-6,14H2. The van der Waals surface area contributed by atoms with Gasteiger partial charge in [-0.2, -0.15) is 0 Å². The van der Waals surface area contributed by atoms with Crippen molar-refractivity contribution >= 4 is 27.3 Å². The van der Waals surface area contributed by atoms with E-state index in [2.05, 4.69) is 4.72 Å². The largest absolute Gasteiger partial charge is 0.396 e. The number of benzene rings is 1. The van der Waals surface area contributed by atoms with Gasteiger partial charge in [0.25, 0.3) is 0 Å². The van der Waals surface area contributed by atoms with E-state index in [1.54, 1.807) is 0 Å². The maximum Gasteiger partial charge on any atom is 0.242 e. The molecule has 0 aliphatic carbocycles. The number of anilines is 1. The minimum atomic E-state index is -3.80. The number of hydrogen-bond acceptors (Lipinski definition) is 4. The van der Waals surface area contributed by atoms with E-state index in [0.29, 0.717) is 13.2 Å². The SMILES string of the molecule is Nc1cc(S(=O)(=O)NCC2CCOC2)c(Cl)cc1F. The van der Waals surface area contributed by atoms with E-state index in [9.17, 15) is 12.8 Å². The molecule has 19 heavy (non-hydrogen) atoms. The van der Waals surface area contributed by atoms with Gasteiger partial charge in [-0.1, -0.05) is 11.6 Å². The van der Waals surface area contributed by atoms with Gasteiger partial charge in [0.2, 0.25) is 10.0 Å². The molecule has 1 aromatic rings. The number of sulfonamides is 1. The summed E-state index contributed by atoms with van der Waals surface area (Å²) in [6, 6.07) is 1.91. The molecule has 1 fully saturated rings. The number of rotatable bonds is 4. The predicted molar refractivity (Wildman–Crippen MR) is 69.9 cm³/mol. The lowest BCUT2D eigenvalue weighted by Gasteiger charge is -2.12. The highest BCUT2D eigenvalue weighted by Crippen LogP contribution is 2.26. The second-order valence-electron chi connectivity index (χ2n) is 4.39. The zero-order valence-corrected chi connectivity index (χ0v) is 11.6. The number of ether oxygens (including phenoxy) is 1. The molecule has 5 nitrogen and oxygen atoms in total. The van der Waals surface area contributed by atoms with E-state index in [1.807, 2.05) is 0 Å². The molecule has 0 spiro atoms. The van der Waals surface area contributed by atoms with Crippen molar-refractivity contribution in [3.63, 3.8) is 0 Å². The van der Waals surface area contributed by atoms with Crippen LogP contribution in [0.3, 0.4) is 0 Å². The molecule has 2 rings (SSSR count). The zero-order valence-electron chi connectivity index (χ0n) is 10.0. The second-order valence-corrected chi connectivity index (χ2v) is 6.53. The highest BCUT2D eigenvalue weighted by Gasteiger charge is 2.23. The third kappa shape index (κ3) is 3.36. The first-order valence-corrected chi connectivity index (χ1v) is 7.58. The fraction of sp³-hybridized carbons (Fsp3) is 0.455. The van der Waals surface area contributed by atoms with Gasteiger partial charge < -0.3 is 10.5 Å². The molecule has 1 aliphatic heterocycles. The summed E-state index contributed by atoms with van der Waals surface area (Å²) in [6.07, 6.45) is 0.807. The Morgan fingerprint density at radius 3 is 2.89 bits per heavy atom. The summed E-state index contributed by atoms with van der Waals surface area (Å²) in [4.78, 5) is -0.216. The quantitative estimate of drug-likeness (QED) is 0.823. The van der Waals surface area contributed by atoms with Crippen molar-refractivity contribution in [3.05, 3.63) is 23.0 Å². The normalized spacial score (nSPS) is 19.8. The summed E-state index contributed by atoms with van der Waals surface area (Å²) in [6.45, 7) is 1.42. The summed E-state index contributed by atoms with van der Waals surface area (Å²) >= 11 is 5.74. The third-order valence-electron chi connectivity index (χ3n) is 2.93. The van der Waals surface area contributed by atoms with Crippen LogP contribution in [0.4, 0.5) is 10.1 Å². The number of nitrogen functional groups attached to an aromatic ring is 1. The highest BCUT2D eigenvalue weighted by atomic mass is 35.5. The lowest BCUT2D eigenvalue weighted by Crippen LogP contribution is -2.30. The van der Waals surface area contributed by atoms with Crippen molar-refractivity contribution in [1.82, 2.24) is 4.72 Å². The Labute approximate surface area is 115 Å². The van der Waals surface area contributed by atoms with Crippen LogP contribution in [0.5, 0.6) is 0 Å². The van der Waals surface area contributed by atoms with E-state index < -0.39 is 15.8 Å². The predicted octanol–water partition coefficient (Wildman–Crippen LogP) is 1.38. The molecule has 1 saturated heterocycles. The Kier molecular flexibility index (Phi) is 4.29. The van der Waals surface area contributed by atoms with Crippen molar-refractivity contribution in [1.29, 1.82) is 0 Å². The fourth-order valence-electron chi connectivity index (χ4n) is 1.80. The number of nitrogens with two attached hydrogens (primary N) is 1. The Morgan fingerprint density at radius 1 is 1.53 bits per heavy atom. The number of nitrogens with one attached hydrogen (secondary N) is 1. The summed E-state index contributed by atoms with van der Waals surface area (Å²) < 4.78 is 44.8. The topological polar surface area (TPSA) is 81.4 Å². The second kappa shape index (κ2) is 5.62. The van der Waals surface area contributed by atoms with E-state index in [-0.39, 0.29) is 28.1 Å². The van der Waals surface area contributed by atoms with Crippen LogP contribution >= 0.6 is 11.6 Å². The number of halogens is 2. The van der Waals surface area contributed by atoms with Crippen LogP contribution < -0.4 is 10.5 Å². The average molecular weight is 309 g/mol.